The highest BCUT2D eigenvalue weighted by Crippen LogP contribution is 2.14. The monoisotopic (exact) mass is 410 g/mol. The molecule has 0 spiro atoms. The van der Waals surface area contributed by atoms with E-state index in [4.69, 9.17) is 4.74 Å². The topological polar surface area (TPSA) is 88.2 Å². The molecule has 0 unspecified atom stereocenters. The number of aromatic nitrogens is 3. The van der Waals surface area contributed by atoms with Crippen LogP contribution in [0, 0.1) is 12.7 Å². The molecule has 0 saturated heterocycles. The minimum absolute atomic E-state index is 0.102. The van der Waals surface area contributed by atoms with Crippen LogP contribution in [0.1, 0.15) is 17.7 Å². The van der Waals surface area contributed by atoms with Crippen LogP contribution < -0.4 is 10.3 Å². The second kappa shape index (κ2) is 9.78. The summed E-state index contributed by atoms with van der Waals surface area (Å²) in [6.45, 7) is 2.43. The molecule has 2 heterocycles. The number of nitrogens with zero attached hydrogens (tertiary/aromatic N) is 3. The van der Waals surface area contributed by atoms with Crippen molar-refractivity contribution in [1.82, 2.24) is 19.9 Å². The molecule has 1 amide bonds. The van der Waals surface area contributed by atoms with E-state index in [9.17, 15) is 14.0 Å². The normalized spacial score (nSPS) is 10.6. The molecule has 30 heavy (non-hydrogen) atoms. The van der Waals surface area contributed by atoms with Crippen molar-refractivity contribution in [3.8, 4) is 17.1 Å². The smallest absolute Gasteiger partial charge is 0.254 e. The zero-order chi connectivity index (χ0) is 21.5. The Hall–Kier alpha value is -3.55. The van der Waals surface area contributed by atoms with Gasteiger partial charge in [-0.3, -0.25) is 14.6 Å². The van der Waals surface area contributed by atoms with Gasteiger partial charge in [-0.2, -0.15) is 0 Å². The average Bonchev–Trinajstić information content (AvgIpc) is 2.74. The van der Waals surface area contributed by atoms with Crippen LogP contribution in [0.4, 0.5) is 4.39 Å². The van der Waals surface area contributed by atoms with Crippen molar-refractivity contribution < 1.29 is 13.9 Å². The molecule has 7 nitrogen and oxygen atoms in total. The van der Waals surface area contributed by atoms with Gasteiger partial charge in [0.1, 0.15) is 24.0 Å². The number of pyridine rings is 1. The Morgan fingerprint density at radius 3 is 2.53 bits per heavy atom. The summed E-state index contributed by atoms with van der Waals surface area (Å²) >= 11 is 0. The van der Waals surface area contributed by atoms with Gasteiger partial charge in [0.15, 0.2) is 0 Å². The van der Waals surface area contributed by atoms with Crippen LogP contribution >= 0.6 is 0 Å². The molecule has 2 aromatic heterocycles. The van der Waals surface area contributed by atoms with Crippen molar-refractivity contribution in [1.29, 1.82) is 0 Å². The minimum atomic E-state index is -0.330. The number of ether oxygens (including phenoxy) is 1. The van der Waals surface area contributed by atoms with Gasteiger partial charge < -0.3 is 14.6 Å². The van der Waals surface area contributed by atoms with E-state index in [1.54, 1.807) is 43.4 Å². The summed E-state index contributed by atoms with van der Waals surface area (Å²) in [5, 5.41) is 0. The van der Waals surface area contributed by atoms with E-state index >= 15 is 0 Å². The predicted octanol–water partition coefficient (Wildman–Crippen LogP) is 2.75. The zero-order valence-corrected chi connectivity index (χ0v) is 16.9. The summed E-state index contributed by atoms with van der Waals surface area (Å²) in [6, 6.07) is 9.24. The fourth-order valence-electron chi connectivity index (χ4n) is 2.93. The number of aryl methyl sites for hydroxylation is 1. The SMILES string of the molecule is Cc1nc(-c2ccncc2)[nH]c(=O)c1CCC(=O)N(C)CCOc1ccc(F)cc1. The number of halogens is 1. The number of amides is 1. The number of aromatic amines is 1. The molecule has 0 atom stereocenters. The molecule has 156 valence electrons. The number of nitrogens with one attached hydrogen (secondary N) is 1. The molecule has 0 radical (unpaired) electrons. The third kappa shape index (κ3) is 5.50. The average molecular weight is 410 g/mol. The summed E-state index contributed by atoms with van der Waals surface area (Å²) in [7, 11) is 1.68. The summed E-state index contributed by atoms with van der Waals surface area (Å²) in [4.78, 5) is 37.6. The van der Waals surface area contributed by atoms with E-state index in [1.807, 2.05) is 0 Å². The largest absolute Gasteiger partial charge is 0.492 e. The molecular formula is C22H23FN4O3. The van der Waals surface area contributed by atoms with Gasteiger partial charge >= 0.3 is 0 Å². The Kier molecular flexibility index (Phi) is 6.90. The molecule has 0 bridgehead atoms. The highest BCUT2D eigenvalue weighted by molar-refractivity contribution is 5.76. The van der Waals surface area contributed by atoms with E-state index in [0.717, 1.165) is 5.56 Å². The maximum Gasteiger partial charge on any atom is 0.254 e. The van der Waals surface area contributed by atoms with Crippen LogP contribution in [-0.2, 0) is 11.2 Å². The Labute approximate surface area is 173 Å². The lowest BCUT2D eigenvalue weighted by Crippen LogP contribution is -2.31. The Morgan fingerprint density at radius 2 is 1.87 bits per heavy atom. The molecule has 0 aliphatic heterocycles. The molecule has 3 rings (SSSR count). The number of hydrogen-bond donors (Lipinski definition) is 1. The van der Waals surface area contributed by atoms with Crippen LogP contribution in [0.2, 0.25) is 0 Å². The lowest BCUT2D eigenvalue weighted by atomic mass is 10.1. The van der Waals surface area contributed by atoms with Gasteiger partial charge in [0.2, 0.25) is 5.91 Å². The summed E-state index contributed by atoms with van der Waals surface area (Å²) in [5.74, 6) is 0.586. The van der Waals surface area contributed by atoms with Crippen LogP contribution in [0.3, 0.4) is 0 Å². The number of carbonyl (C=O) groups excluding carboxylic acids is 1. The number of H-pyrrole nitrogens is 1. The zero-order valence-electron chi connectivity index (χ0n) is 16.9. The lowest BCUT2D eigenvalue weighted by Gasteiger charge is -2.17. The molecule has 0 aliphatic carbocycles. The molecule has 0 aliphatic rings. The molecular weight excluding hydrogens is 387 g/mol. The van der Waals surface area contributed by atoms with Crippen LogP contribution in [0.25, 0.3) is 11.4 Å². The third-order valence-electron chi connectivity index (χ3n) is 4.70. The standard InChI is InChI=1S/C22H23FN4O3/c1-15-19(22(29)26-21(25-15)16-9-11-24-12-10-16)7-8-20(28)27(2)13-14-30-18-5-3-17(23)4-6-18/h3-6,9-12H,7-8,13-14H2,1-2H3,(H,25,26,29). The minimum Gasteiger partial charge on any atom is -0.492 e. The van der Waals surface area contributed by atoms with Gasteiger partial charge in [0.25, 0.3) is 5.56 Å². The van der Waals surface area contributed by atoms with Crippen LogP contribution in [0.5, 0.6) is 5.75 Å². The second-order valence-corrected chi connectivity index (χ2v) is 6.83. The van der Waals surface area contributed by atoms with E-state index < -0.39 is 0 Å². The second-order valence-electron chi connectivity index (χ2n) is 6.83. The number of benzene rings is 1. The summed E-state index contributed by atoms with van der Waals surface area (Å²) < 4.78 is 18.4. The van der Waals surface area contributed by atoms with Gasteiger partial charge in [-0.05, 0) is 49.7 Å². The highest BCUT2D eigenvalue weighted by Gasteiger charge is 2.14. The summed E-state index contributed by atoms with van der Waals surface area (Å²) in [5.41, 5.74) is 1.62. The maximum atomic E-state index is 12.9. The first-order chi connectivity index (χ1) is 14.4. The fraction of sp³-hybridized carbons (Fsp3) is 0.273. The van der Waals surface area contributed by atoms with E-state index in [2.05, 4.69) is 15.0 Å². The Bertz CT molecular complexity index is 1050. The first-order valence-corrected chi connectivity index (χ1v) is 9.56. The van der Waals surface area contributed by atoms with Crippen LogP contribution in [-0.4, -0.2) is 46.0 Å². The quantitative estimate of drug-likeness (QED) is 0.617. The number of carbonyl (C=O) groups is 1. The van der Waals surface area contributed by atoms with E-state index in [0.29, 0.717) is 35.8 Å². The number of rotatable bonds is 8. The van der Waals surface area contributed by atoms with Gasteiger partial charge in [0.05, 0.1) is 6.54 Å². The van der Waals surface area contributed by atoms with Crippen molar-refractivity contribution >= 4 is 5.91 Å². The van der Waals surface area contributed by atoms with Crippen LogP contribution in [0.15, 0.2) is 53.6 Å². The van der Waals surface area contributed by atoms with Gasteiger partial charge in [-0.1, -0.05) is 0 Å². The Balaban J connectivity index is 1.53. The van der Waals surface area contributed by atoms with Crippen molar-refractivity contribution in [2.24, 2.45) is 0 Å². The van der Waals surface area contributed by atoms with E-state index in [-0.39, 0.29) is 30.3 Å². The fourth-order valence-corrected chi connectivity index (χ4v) is 2.93. The number of likely N-dealkylation sites (N-methyl/N-ethyl adjacent to an activating group) is 1. The molecule has 0 fully saturated rings. The maximum absolute atomic E-state index is 12.9. The number of hydrogen-bond acceptors (Lipinski definition) is 5. The summed E-state index contributed by atoms with van der Waals surface area (Å²) in [6.07, 6.45) is 3.75. The van der Waals surface area contributed by atoms with Crippen molar-refractivity contribution in [3.63, 3.8) is 0 Å². The molecule has 3 aromatic rings. The van der Waals surface area contributed by atoms with Gasteiger partial charge in [0, 0.05) is 42.7 Å². The van der Waals surface area contributed by atoms with Crippen molar-refractivity contribution in [3.05, 3.63) is 76.2 Å². The van der Waals surface area contributed by atoms with E-state index in [1.165, 1.54) is 24.3 Å². The highest BCUT2D eigenvalue weighted by atomic mass is 19.1. The first kappa shape index (κ1) is 21.2. The first-order valence-electron chi connectivity index (χ1n) is 9.56. The molecule has 1 aromatic carbocycles. The third-order valence-corrected chi connectivity index (χ3v) is 4.70. The predicted molar refractivity (Wildman–Crippen MR) is 111 cm³/mol. The molecule has 8 heteroatoms. The lowest BCUT2D eigenvalue weighted by molar-refractivity contribution is -0.130. The molecule has 1 N–H and O–H groups in total. The van der Waals surface area contributed by atoms with Crippen molar-refractivity contribution in [2.75, 3.05) is 20.2 Å². The van der Waals surface area contributed by atoms with Crippen molar-refractivity contribution in [2.45, 2.75) is 19.8 Å². The van der Waals surface area contributed by atoms with Gasteiger partial charge in [-0.15, -0.1) is 0 Å². The van der Waals surface area contributed by atoms with Gasteiger partial charge in [-0.25, -0.2) is 9.37 Å². The molecule has 0 saturated carbocycles. The Morgan fingerprint density at radius 1 is 1.17 bits per heavy atom.